The zero-order chi connectivity index (χ0) is 20.3. The number of H-pyrrole nitrogens is 1. The van der Waals surface area contributed by atoms with Crippen molar-refractivity contribution in [2.24, 2.45) is 0 Å². The number of halogens is 1. The molecule has 1 saturated heterocycles. The number of hydrogen-bond donors (Lipinski definition) is 2. The molecule has 1 amide bonds. The van der Waals surface area contributed by atoms with Gasteiger partial charge in [0.2, 0.25) is 5.91 Å². The minimum Gasteiger partial charge on any atom is -0.353 e. The molecule has 0 aliphatic carbocycles. The summed E-state index contributed by atoms with van der Waals surface area (Å²) in [6.45, 7) is 0.591. The quantitative estimate of drug-likeness (QED) is 0.617. The van der Waals surface area contributed by atoms with E-state index in [1.165, 1.54) is 27.2 Å². The number of nitrogens with zero attached hydrogens (tertiary/aromatic N) is 2. The van der Waals surface area contributed by atoms with Crippen LogP contribution >= 0.6 is 27.3 Å². The molecule has 0 spiro atoms. The van der Waals surface area contributed by atoms with Gasteiger partial charge < -0.3 is 5.32 Å². The number of aromatic nitrogens is 2. The fourth-order valence-corrected chi connectivity index (χ4v) is 6.84. The first kappa shape index (κ1) is 21.0. The number of rotatable bonds is 6. The van der Waals surface area contributed by atoms with E-state index in [1.807, 2.05) is 0 Å². The summed E-state index contributed by atoms with van der Waals surface area (Å²) in [5.74, 6) is -0.392. The first-order chi connectivity index (χ1) is 13.3. The van der Waals surface area contributed by atoms with Crippen molar-refractivity contribution in [1.29, 1.82) is 0 Å². The summed E-state index contributed by atoms with van der Waals surface area (Å²) in [6, 6.07) is 3.62. The summed E-state index contributed by atoms with van der Waals surface area (Å²) in [4.78, 5) is 37.5. The number of sulfonamides is 1. The third-order valence-corrected chi connectivity index (χ3v) is 8.42. The van der Waals surface area contributed by atoms with E-state index in [0.717, 1.165) is 17.8 Å². The molecule has 2 aromatic rings. The first-order valence-electron chi connectivity index (χ1n) is 8.64. The Hall–Kier alpha value is -1.76. The lowest BCUT2D eigenvalue weighted by Gasteiger charge is -2.33. The van der Waals surface area contributed by atoms with Crippen molar-refractivity contribution < 1.29 is 13.2 Å². The Morgan fingerprint density at radius 3 is 2.75 bits per heavy atom. The van der Waals surface area contributed by atoms with E-state index in [-0.39, 0.29) is 23.8 Å². The Morgan fingerprint density at radius 2 is 2.07 bits per heavy atom. The molecule has 0 radical (unpaired) electrons. The van der Waals surface area contributed by atoms with Gasteiger partial charge in [0.15, 0.2) is 0 Å². The number of nitrogens with one attached hydrogen (secondary N) is 2. The zero-order valence-electron chi connectivity index (χ0n) is 14.8. The Kier molecular flexibility index (Phi) is 6.53. The maximum atomic E-state index is 12.9. The van der Waals surface area contributed by atoms with Gasteiger partial charge in [0.1, 0.15) is 10.3 Å². The van der Waals surface area contributed by atoms with E-state index in [4.69, 9.17) is 0 Å². The molecule has 0 saturated carbocycles. The van der Waals surface area contributed by atoms with Gasteiger partial charge in [0.05, 0.1) is 3.79 Å². The molecule has 12 heteroatoms. The van der Waals surface area contributed by atoms with Crippen molar-refractivity contribution in [3.05, 3.63) is 49.0 Å². The monoisotopic (exact) mass is 490 g/mol. The van der Waals surface area contributed by atoms with Crippen LogP contribution in [0.1, 0.15) is 19.3 Å². The molecule has 9 nitrogen and oxygen atoms in total. The Labute approximate surface area is 173 Å². The summed E-state index contributed by atoms with van der Waals surface area (Å²) in [5.41, 5.74) is -1.06. The summed E-state index contributed by atoms with van der Waals surface area (Å²) in [7, 11) is -3.76. The lowest BCUT2D eigenvalue weighted by Crippen LogP contribution is -2.52. The van der Waals surface area contributed by atoms with Gasteiger partial charge in [-0.2, -0.15) is 4.31 Å². The highest BCUT2D eigenvalue weighted by Crippen LogP contribution is 2.31. The number of aromatic amines is 1. The summed E-state index contributed by atoms with van der Waals surface area (Å²) >= 11 is 4.37. The highest BCUT2D eigenvalue weighted by molar-refractivity contribution is 9.11. The molecule has 28 heavy (non-hydrogen) atoms. The molecule has 3 rings (SSSR count). The fourth-order valence-electron chi connectivity index (χ4n) is 3.04. The molecular weight excluding hydrogens is 472 g/mol. The van der Waals surface area contributed by atoms with Gasteiger partial charge in [-0.3, -0.25) is 19.1 Å². The van der Waals surface area contributed by atoms with Crippen molar-refractivity contribution in [2.45, 2.75) is 36.1 Å². The molecule has 1 aliphatic rings. The molecular formula is C16H19BrN4O5S2. The van der Waals surface area contributed by atoms with Crippen LogP contribution in [-0.4, -0.2) is 47.3 Å². The van der Waals surface area contributed by atoms with E-state index in [9.17, 15) is 22.8 Å². The normalized spacial score (nSPS) is 18.1. The van der Waals surface area contributed by atoms with Crippen molar-refractivity contribution in [2.75, 3.05) is 13.1 Å². The lowest BCUT2D eigenvalue weighted by molar-refractivity contribution is -0.125. The number of carbonyl (C=O) groups is 1. The molecule has 0 aromatic carbocycles. The van der Waals surface area contributed by atoms with Gasteiger partial charge in [-0.15, -0.1) is 11.3 Å². The Bertz CT molecular complexity index is 1070. The smallest absolute Gasteiger partial charge is 0.328 e. The third-order valence-electron chi connectivity index (χ3n) is 4.42. The van der Waals surface area contributed by atoms with Crippen LogP contribution < -0.4 is 16.6 Å². The summed E-state index contributed by atoms with van der Waals surface area (Å²) in [5, 5.41) is 2.70. The van der Waals surface area contributed by atoms with Gasteiger partial charge in [0, 0.05) is 31.9 Å². The van der Waals surface area contributed by atoms with Gasteiger partial charge in [-0.25, -0.2) is 13.2 Å². The van der Waals surface area contributed by atoms with E-state index in [0.29, 0.717) is 16.6 Å². The number of carbonyl (C=O) groups excluding carboxylic acids is 1. The van der Waals surface area contributed by atoms with Crippen LogP contribution in [0, 0.1) is 0 Å². The molecule has 152 valence electrons. The van der Waals surface area contributed by atoms with Crippen LogP contribution in [0.2, 0.25) is 0 Å². The number of thiophene rings is 1. The second kappa shape index (κ2) is 8.72. The van der Waals surface area contributed by atoms with Crippen LogP contribution in [0.4, 0.5) is 0 Å². The largest absolute Gasteiger partial charge is 0.353 e. The highest BCUT2D eigenvalue weighted by atomic mass is 79.9. The summed E-state index contributed by atoms with van der Waals surface area (Å²) < 4.78 is 29.3. The van der Waals surface area contributed by atoms with Crippen LogP contribution in [0.15, 0.2) is 42.0 Å². The molecule has 1 aliphatic heterocycles. The van der Waals surface area contributed by atoms with Crippen LogP contribution in [0.3, 0.4) is 0 Å². The molecule has 0 bridgehead atoms. The van der Waals surface area contributed by atoms with Crippen LogP contribution in [-0.2, 0) is 21.4 Å². The first-order valence-corrected chi connectivity index (χ1v) is 11.7. The van der Waals surface area contributed by atoms with Crippen molar-refractivity contribution >= 4 is 43.2 Å². The van der Waals surface area contributed by atoms with Gasteiger partial charge in [0.25, 0.3) is 15.6 Å². The third kappa shape index (κ3) is 4.62. The SMILES string of the molecule is O=C(NCCn1ccc(=O)[nH]c1=O)C1CCCCN1S(=O)(=O)c1ccc(Br)s1. The lowest BCUT2D eigenvalue weighted by atomic mass is 10.0. The van der Waals surface area contributed by atoms with E-state index >= 15 is 0 Å². The molecule has 2 N–H and O–H groups in total. The Morgan fingerprint density at radius 1 is 1.29 bits per heavy atom. The average molecular weight is 491 g/mol. The second-order valence-corrected chi connectivity index (χ2v) is 10.9. The molecule has 2 aromatic heterocycles. The maximum Gasteiger partial charge on any atom is 0.328 e. The average Bonchev–Trinajstić information content (AvgIpc) is 3.10. The van der Waals surface area contributed by atoms with Gasteiger partial charge in [-0.1, -0.05) is 6.42 Å². The minimum atomic E-state index is -3.76. The zero-order valence-corrected chi connectivity index (χ0v) is 18.0. The van der Waals surface area contributed by atoms with Crippen molar-refractivity contribution in [3.63, 3.8) is 0 Å². The molecule has 1 unspecified atom stereocenters. The maximum absolute atomic E-state index is 12.9. The Balaban J connectivity index is 1.68. The highest BCUT2D eigenvalue weighted by Gasteiger charge is 2.38. The fraction of sp³-hybridized carbons (Fsp3) is 0.438. The predicted molar refractivity (Wildman–Crippen MR) is 108 cm³/mol. The van der Waals surface area contributed by atoms with Crippen LogP contribution in [0.25, 0.3) is 0 Å². The number of hydrogen-bond acceptors (Lipinski definition) is 6. The van der Waals surface area contributed by atoms with Crippen LogP contribution in [0.5, 0.6) is 0 Å². The number of amides is 1. The van der Waals surface area contributed by atoms with Crippen molar-refractivity contribution in [1.82, 2.24) is 19.2 Å². The molecule has 1 atom stereocenters. The molecule has 3 heterocycles. The topological polar surface area (TPSA) is 121 Å². The summed E-state index contributed by atoms with van der Waals surface area (Å²) in [6.07, 6.45) is 3.25. The van der Waals surface area contributed by atoms with Crippen molar-refractivity contribution in [3.8, 4) is 0 Å². The minimum absolute atomic E-state index is 0.139. The predicted octanol–water partition coefficient (Wildman–Crippen LogP) is 0.720. The molecule has 1 fully saturated rings. The second-order valence-electron chi connectivity index (χ2n) is 6.28. The van der Waals surface area contributed by atoms with Gasteiger partial charge in [-0.05, 0) is 40.9 Å². The van der Waals surface area contributed by atoms with E-state index < -0.39 is 33.2 Å². The number of piperidine rings is 1. The van der Waals surface area contributed by atoms with Gasteiger partial charge >= 0.3 is 5.69 Å². The van der Waals surface area contributed by atoms with E-state index in [2.05, 4.69) is 26.2 Å². The standard InChI is InChI=1S/C16H19BrN4O5S2/c17-12-4-5-14(27-12)28(25,26)21-8-2-1-3-11(21)15(23)18-7-10-20-9-6-13(22)19-16(20)24/h4-6,9,11H,1-3,7-8,10H2,(H,18,23)(H,19,22,24). The van der Waals surface area contributed by atoms with E-state index in [1.54, 1.807) is 6.07 Å².